The van der Waals surface area contributed by atoms with Crippen molar-refractivity contribution in [1.82, 2.24) is 4.72 Å². The van der Waals surface area contributed by atoms with Crippen molar-refractivity contribution in [2.75, 3.05) is 12.0 Å². The maximum atomic E-state index is 12.7. The smallest absolute Gasteiger partial charge is 0.241 e. The fourth-order valence-corrected chi connectivity index (χ4v) is 4.25. The van der Waals surface area contributed by atoms with Crippen molar-refractivity contribution in [1.29, 1.82) is 0 Å². The molecule has 2 amide bonds. The van der Waals surface area contributed by atoms with Gasteiger partial charge in [0.05, 0.1) is 17.7 Å². The van der Waals surface area contributed by atoms with E-state index in [1.165, 1.54) is 31.4 Å². The van der Waals surface area contributed by atoms with Gasteiger partial charge in [-0.25, -0.2) is 13.1 Å². The third-order valence-corrected chi connectivity index (χ3v) is 5.95. The lowest BCUT2D eigenvalue weighted by molar-refractivity contribution is -0.121. The molecule has 142 valence electrons. The van der Waals surface area contributed by atoms with E-state index < -0.39 is 16.1 Å². The molecule has 0 saturated carbocycles. The summed E-state index contributed by atoms with van der Waals surface area (Å²) in [6.45, 7) is 1.73. The minimum Gasteiger partial charge on any atom is -0.496 e. The molecule has 1 unspecified atom stereocenters. The van der Waals surface area contributed by atoms with Gasteiger partial charge in [-0.15, -0.1) is 0 Å². The summed E-state index contributed by atoms with van der Waals surface area (Å²) in [5.41, 5.74) is 1.09. The normalized spacial score (nSPS) is 15.9. The van der Waals surface area contributed by atoms with Gasteiger partial charge in [0.15, 0.2) is 0 Å². The number of sulfonamides is 1. The van der Waals surface area contributed by atoms with Crippen molar-refractivity contribution >= 4 is 27.5 Å². The predicted molar refractivity (Wildman–Crippen MR) is 99.9 cm³/mol. The van der Waals surface area contributed by atoms with E-state index in [4.69, 9.17) is 4.74 Å². The summed E-state index contributed by atoms with van der Waals surface area (Å²) < 4.78 is 33.2. The van der Waals surface area contributed by atoms with Crippen molar-refractivity contribution in [2.24, 2.45) is 0 Å². The number of carbonyl (C=O) groups is 2. The maximum absolute atomic E-state index is 12.7. The Labute approximate surface area is 158 Å². The highest BCUT2D eigenvalue weighted by molar-refractivity contribution is 7.89. The van der Waals surface area contributed by atoms with Gasteiger partial charge in [-0.3, -0.25) is 14.5 Å². The molecule has 0 aliphatic carbocycles. The molecule has 1 saturated heterocycles. The van der Waals surface area contributed by atoms with Crippen LogP contribution in [0.15, 0.2) is 53.4 Å². The molecule has 27 heavy (non-hydrogen) atoms. The van der Waals surface area contributed by atoms with Crippen LogP contribution in [0, 0.1) is 0 Å². The van der Waals surface area contributed by atoms with Crippen LogP contribution in [0.1, 0.15) is 31.4 Å². The predicted octanol–water partition coefficient (Wildman–Crippen LogP) is 2.39. The molecule has 7 nitrogen and oxygen atoms in total. The SMILES string of the molecule is COc1ccccc1C(C)NS(=O)(=O)c1ccc(N2C(=O)CCC2=O)cc1. The molecule has 1 atom stereocenters. The number of anilines is 1. The minimum absolute atomic E-state index is 0.0482. The molecule has 1 fully saturated rings. The quantitative estimate of drug-likeness (QED) is 0.767. The number of imide groups is 1. The van der Waals surface area contributed by atoms with Crippen LogP contribution >= 0.6 is 0 Å². The van der Waals surface area contributed by atoms with Gasteiger partial charge < -0.3 is 4.74 Å². The van der Waals surface area contributed by atoms with E-state index in [2.05, 4.69) is 4.72 Å². The lowest BCUT2D eigenvalue weighted by Gasteiger charge is -2.18. The fourth-order valence-electron chi connectivity index (χ4n) is 3.03. The van der Waals surface area contributed by atoms with Gasteiger partial charge >= 0.3 is 0 Å². The second kappa shape index (κ2) is 7.50. The number of nitrogens with zero attached hydrogens (tertiary/aromatic N) is 1. The average molecular weight is 388 g/mol. The zero-order chi connectivity index (χ0) is 19.6. The minimum atomic E-state index is -3.79. The number of hydrogen-bond acceptors (Lipinski definition) is 5. The number of amides is 2. The van der Waals surface area contributed by atoms with Crippen molar-refractivity contribution in [3.8, 4) is 5.75 Å². The lowest BCUT2D eigenvalue weighted by atomic mass is 10.1. The number of benzene rings is 2. The lowest BCUT2D eigenvalue weighted by Crippen LogP contribution is -2.29. The summed E-state index contributed by atoms with van der Waals surface area (Å²) in [5, 5.41) is 0. The molecule has 1 N–H and O–H groups in total. The molecule has 1 heterocycles. The molecule has 1 aliphatic heterocycles. The first-order chi connectivity index (χ1) is 12.8. The number of rotatable bonds is 6. The Morgan fingerprint density at radius 2 is 1.59 bits per heavy atom. The molecule has 3 rings (SSSR count). The summed E-state index contributed by atoms with van der Waals surface area (Å²) in [4.78, 5) is 24.7. The van der Waals surface area contributed by atoms with Crippen molar-refractivity contribution in [2.45, 2.75) is 30.7 Å². The summed E-state index contributed by atoms with van der Waals surface area (Å²) in [6.07, 6.45) is 0.355. The molecule has 0 radical (unpaired) electrons. The van der Waals surface area contributed by atoms with Gasteiger partial charge in [0, 0.05) is 24.4 Å². The van der Waals surface area contributed by atoms with Gasteiger partial charge in [0.2, 0.25) is 21.8 Å². The summed E-state index contributed by atoms with van der Waals surface area (Å²) >= 11 is 0. The number of nitrogens with one attached hydrogen (secondary N) is 1. The summed E-state index contributed by atoms with van der Waals surface area (Å²) in [7, 11) is -2.27. The van der Waals surface area contributed by atoms with Gasteiger partial charge in [0.1, 0.15) is 5.75 Å². The number of para-hydroxylation sites is 1. The highest BCUT2D eigenvalue weighted by Crippen LogP contribution is 2.27. The molecule has 0 spiro atoms. The van der Waals surface area contributed by atoms with Crippen LogP contribution < -0.4 is 14.4 Å². The number of ether oxygens (including phenoxy) is 1. The Balaban J connectivity index is 1.81. The molecule has 2 aromatic carbocycles. The Morgan fingerprint density at radius 3 is 2.19 bits per heavy atom. The van der Waals surface area contributed by atoms with Crippen molar-refractivity contribution in [3.63, 3.8) is 0 Å². The van der Waals surface area contributed by atoms with Crippen LogP contribution in [0.5, 0.6) is 5.75 Å². The topological polar surface area (TPSA) is 92.8 Å². The first kappa shape index (κ1) is 19.1. The number of hydrogen-bond donors (Lipinski definition) is 1. The van der Waals surface area contributed by atoms with E-state index in [9.17, 15) is 18.0 Å². The number of carbonyl (C=O) groups excluding carboxylic acids is 2. The fraction of sp³-hybridized carbons (Fsp3) is 0.263. The van der Waals surface area contributed by atoms with E-state index in [0.29, 0.717) is 17.0 Å². The summed E-state index contributed by atoms with van der Waals surface area (Å²) in [5.74, 6) is 0.0335. The highest BCUT2D eigenvalue weighted by atomic mass is 32.2. The largest absolute Gasteiger partial charge is 0.496 e. The van der Waals surface area contributed by atoms with Crippen LogP contribution in [0.25, 0.3) is 0 Å². The molecule has 2 aromatic rings. The molecule has 8 heteroatoms. The Kier molecular flexibility index (Phi) is 5.29. The van der Waals surface area contributed by atoms with Crippen LogP contribution in [0.2, 0.25) is 0 Å². The molecule has 0 bridgehead atoms. The molecular formula is C19H20N2O5S. The van der Waals surface area contributed by atoms with Crippen molar-refractivity contribution < 1.29 is 22.7 Å². The second-order valence-corrected chi connectivity index (χ2v) is 7.92. The average Bonchev–Trinajstić information content (AvgIpc) is 2.99. The Hall–Kier alpha value is -2.71. The highest BCUT2D eigenvalue weighted by Gasteiger charge is 2.30. The Bertz CT molecular complexity index is 954. The molecule has 0 aromatic heterocycles. The molecule has 1 aliphatic rings. The van der Waals surface area contributed by atoms with E-state index in [1.807, 2.05) is 12.1 Å². The van der Waals surface area contributed by atoms with E-state index in [1.54, 1.807) is 19.1 Å². The standard InChI is InChI=1S/C19H20N2O5S/c1-13(16-5-3-4-6-17(16)26-2)20-27(24,25)15-9-7-14(8-10-15)21-18(22)11-12-19(21)23/h3-10,13,20H,11-12H2,1-2H3. The zero-order valence-electron chi connectivity index (χ0n) is 15.0. The van der Waals surface area contributed by atoms with E-state index in [0.717, 1.165) is 4.90 Å². The van der Waals surface area contributed by atoms with E-state index >= 15 is 0 Å². The third kappa shape index (κ3) is 3.86. The summed E-state index contributed by atoms with van der Waals surface area (Å²) in [6, 6.07) is 12.3. The van der Waals surface area contributed by atoms with Crippen LogP contribution in [0.4, 0.5) is 5.69 Å². The van der Waals surface area contributed by atoms with Crippen LogP contribution in [0.3, 0.4) is 0 Å². The molecular weight excluding hydrogens is 368 g/mol. The Morgan fingerprint density at radius 1 is 1.00 bits per heavy atom. The van der Waals surface area contributed by atoms with Crippen LogP contribution in [-0.2, 0) is 19.6 Å². The van der Waals surface area contributed by atoms with Gasteiger partial charge in [-0.05, 0) is 37.3 Å². The second-order valence-electron chi connectivity index (χ2n) is 6.20. The van der Waals surface area contributed by atoms with Gasteiger partial charge in [-0.2, -0.15) is 0 Å². The third-order valence-electron chi connectivity index (χ3n) is 4.39. The first-order valence-corrected chi connectivity index (χ1v) is 9.93. The van der Waals surface area contributed by atoms with Gasteiger partial charge in [-0.1, -0.05) is 18.2 Å². The monoisotopic (exact) mass is 388 g/mol. The zero-order valence-corrected chi connectivity index (χ0v) is 15.8. The van der Waals surface area contributed by atoms with Crippen LogP contribution in [-0.4, -0.2) is 27.3 Å². The maximum Gasteiger partial charge on any atom is 0.241 e. The van der Waals surface area contributed by atoms with Gasteiger partial charge in [0.25, 0.3) is 0 Å². The first-order valence-electron chi connectivity index (χ1n) is 8.44. The number of methoxy groups -OCH3 is 1. The van der Waals surface area contributed by atoms with Crippen molar-refractivity contribution in [3.05, 3.63) is 54.1 Å². The van der Waals surface area contributed by atoms with E-state index in [-0.39, 0.29) is 29.6 Å².